The van der Waals surface area contributed by atoms with E-state index in [0.717, 1.165) is 22.0 Å². The third-order valence-electron chi connectivity index (χ3n) is 3.55. The number of rotatable bonds is 2. The van der Waals surface area contributed by atoms with Crippen molar-refractivity contribution in [3.8, 4) is 0 Å². The summed E-state index contributed by atoms with van der Waals surface area (Å²) in [5, 5.41) is 2.00. The van der Waals surface area contributed by atoms with E-state index in [1.165, 1.54) is 0 Å². The molecule has 0 atom stereocenters. The van der Waals surface area contributed by atoms with E-state index < -0.39 is 0 Å². The average molecular weight is 318 g/mol. The highest BCUT2D eigenvalue weighted by molar-refractivity contribution is 6.42. The van der Waals surface area contributed by atoms with Crippen molar-refractivity contribution >= 4 is 40.0 Å². The summed E-state index contributed by atoms with van der Waals surface area (Å²) in [7, 11) is 0. The van der Waals surface area contributed by atoms with E-state index in [1.54, 1.807) is 16.7 Å². The van der Waals surface area contributed by atoms with Crippen LogP contribution in [0.5, 0.6) is 0 Å². The number of benzene rings is 2. The minimum atomic E-state index is -0.0246. The van der Waals surface area contributed by atoms with Crippen LogP contribution in [0.1, 0.15) is 15.9 Å². The Kier molecular flexibility index (Phi) is 3.75. The number of fused-ring (bicyclic) bond motifs is 1. The first-order chi connectivity index (χ1) is 10.1. The zero-order valence-corrected chi connectivity index (χ0v) is 12.9. The van der Waals surface area contributed by atoms with E-state index >= 15 is 0 Å². The molecule has 0 saturated heterocycles. The Balaban J connectivity index is 2.00. The number of para-hydroxylation sites is 1. The molecular weight excluding hydrogens is 305 g/mol. The summed E-state index contributed by atoms with van der Waals surface area (Å²) in [5.74, 6) is -0.0246. The molecule has 0 amide bonds. The number of carbonyl (C=O) groups is 1. The molecular formula is C17H13Cl2NO. The number of hydrogen-bond donors (Lipinski definition) is 0. The quantitative estimate of drug-likeness (QED) is 0.641. The molecule has 21 heavy (non-hydrogen) atoms. The summed E-state index contributed by atoms with van der Waals surface area (Å²) in [6.45, 7) is 2.00. The standard InChI is InChI=1S/C17H13Cl2NO/c1-11-10-20(15-8-3-2-6-13(11)15)16(21)9-12-5-4-7-14(18)17(12)19/h2-8,10H,9H2,1H3. The van der Waals surface area contributed by atoms with Crippen molar-refractivity contribution < 1.29 is 4.79 Å². The molecule has 0 spiro atoms. The SMILES string of the molecule is Cc1cn(C(=O)Cc2cccc(Cl)c2Cl)c2ccccc12. The molecule has 0 aliphatic heterocycles. The van der Waals surface area contributed by atoms with Crippen LogP contribution in [0.25, 0.3) is 10.9 Å². The Hall–Kier alpha value is -1.77. The van der Waals surface area contributed by atoms with Gasteiger partial charge in [-0.3, -0.25) is 9.36 Å². The van der Waals surface area contributed by atoms with E-state index in [2.05, 4.69) is 0 Å². The van der Waals surface area contributed by atoms with Crippen molar-refractivity contribution in [3.63, 3.8) is 0 Å². The summed E-state index contributed by atoms with van der Waals surface area (Å²) in [5.41, 5.74) is 2.74. The summed E-state index contributed by atoms with van der Waals surface area (Å²) in [6, 6.07) is 13.2. The van der Waals surface area contributed by atoms with Crippen LogP contribution in [0.4, 0.5) is 0 Å². The van der Waals surface area contributed by atoms with Crippen LogP contribution in [-0.4, -0.2) is 10.5 Å². The van der Waals surface area contributed by atoms with Crippen molar-refractivity contribution in [3.05, 3.63) is 69.8 Å². The Morgan fingerprint density at radius 2 is 1.86 bits per heavy atom. The number of aryl methyl sites for hydroxylation is 1. The Morgan fingerprint density at radius 1 is 1.10 bits per heavy atom. The van der Waals surface area contributed by atoms with Crippen molar-refractivity contribution in [1.82, 2.24) is 4.57 Å². The lowest BCUT2D eigenvalue weighted by molar-refractivity contribution is 0.0919. The smallest absolute Gasteiger partial charge is 0.235 e. The van der Waals surface area contributed by atoms with Gasteiger partial charge >= 0.3 is 0 Å². The first kappa shape index (κ1) is 14.2. The Bertz CT molecular complexity index is 836. The van der Waals surface area contributed by atoms with Gasteiger partial charge in [0.25, 0.3) is 0 Å². The van der Waals surface area contributed by atoms with E-state index in [4.69, 9.17) is 23.2 Å². The monoisotopic (exact) mass is 317 g/mol. The number of halogens is 2. The lowest BCUT2D eigenvalue weighted by Crippen LogP contribution is -2.12. The minimum Gasteiger partial charge on any atom is -0.287 e. The van der Waals surface area contributed by atoms with Crippen LogP contribution in [0.15, 0.2) is 48.7 Å². The van der Waals surface area contributed by atoms with E-state index in [-0.39, 0.29) is 12.3 Å². The Labute approximate surface area is 132 Å². The normalized spacial score (nSPS) is 11.0. The molecule has 1 heterocycles. The van der Waals surface area contributed by atoms with Gasteiger partial charge in [0.1, 0.15) is 0 Å². The van der Waals surface area contributed by atoms with E-state index in [9.17, 15) is 4.79 Å². The third-order valence-corrected chi connectivity index (χ3v) is 4.41. The Morgan fingerprint density at radius 3 is 2.67 bits per heavy atom. The van der Waals surface area contributed by atoms with E-state index in [0.29, 0.717) is 10.0 Å². The lowest BCUT2D eigenvalue weighted by atomic mass is 10.1. The molecule has 3 aromatic rings. The van der Waals surface area contributed by atoms with Gasteiger partial charge in [0.05, 0.1) is 22.0 Å². The van der Waals surface area contributed by atoms with Crippen LogP contribution in [0, 0.1) is 6.92 Å². The highest BCUT2D eigenvalue weighted by Gasteiger charge is 2.14. The van der Waals surface area contributed by atoms with Crippen molar-refractivity contribution in [1.29, 1.82) is 0 Å². The molecule has 4 heteroatoms. The molecule has 1 aromatic heterocycles. The van der Waals surface area contributed by atoms with Gasteiger partial charge in [0, 0.05) is 11.6 Å². The second kappa shape index (κ2) is 5.55. The predicted octanol–water partition coefficient (Wildman–Crippen LogP) is 5.14. The van der Waals surface area contributed by atoms with Gasteiger partial charge in [-0.1, -0.05) is 53.5 Å². The second-order valence-electron chi connectivity index (χ2n) is 4.98. The maximum absolute atomic E-state index is 12.6. The van der Waals surface area contributed by atoms with E-state index in [1.807, 2.05) is 43.5 Å². The van der Waals surface area contributed by atoms with Gasteiger partial charge < -0.3 is 0 Å². The molecule has 0 saturated carbocycles. The summed E-state index contributed by atoms with van der Waals surface area (Å²) >= 11 is 12.1. The molecule has 0 unspecified atom stereocenters. The lowest BCUT2D eigenvalue weighted by Gasteiger charge is -2.07. The van der Waals surface area contributed by atoms with Crippen molar-refractivity contribution in [2.24, 2.45) is 0 Å². The molecule has 0 bridgehead atoms. The molecule has 0 N–H and O–H groups in total. The highest BCUT2D eigenvalue weighted by Crippen LogP contribution is 2.27. The van der Waals surface area contributed by atoms with Gasteiger partial charge in [-0.05, 0) is 30.2 Å². The topological polar surface area (TPSA) is 22.0 Å². The zero-order chi connectivity index (χ0) is 15.0. The van der Waals surface area contributed by atoms with Gasteiger partial charge in [0.2, 0.25) is 5.91 Å². The van der Waals surface area contributed by atoms with Gasteiger partial charge in [-0.2, -0.15) is 0 Å². The highest BCUT2D eigenvalue weighted by atomic mass is 35.5. The van der Waals surface area contributed by atoms with Crippen molar-refractivity contribution in [2.45, 2.75) is 13.3 Å². The second-order valence-corrected chi connectivity index (χ2v) is 5.77. The number of aromatic nitrogens is 1. The fourth-order valence-electron chi connectivity index (χ4n) is 2.49. The maximum Gasteiger partial charge on any atom is 0.235 e. The number of nitrogens with zero attached hydrogens (tertiary/aromatic N) is 1. The molecule has 0 aliphatic rings. The first-order valence-corrected chi connectivity index (χ1v) is 7.36. The summed E-state index contributed by atoms with van der Waals surface area (Å²) in [4.78, 5) is 12.6. The zero-order valence-electron chi connectivity index (χ0n) is 11.4. The van der Waals surface area contributed by atoms with Crippen LogP contribution in [0.3, 0.4) is 0 Å². The van der Waals surface area contributed by atoms with Gasteiger partial charge in [-0.15, -0.1) is 0 Å². The molecule has 3 rings (SSSR count). The molecule has 0 aliphatic carbocycles. The molecule has 2 aromatic carbocycles. The van der Waals surface area contributed by atoms with Gasteiger partial charge in [0.15, 0.2) is 0 Å². The first-order valence-electron chi connectivity index (χ1n) is 6.60. The molecule has 106 valence electrons. The summed E-state index contributed by atoms with van der Waals surface area (Å²) in [6.07, 6.45) is 2.09. The molecule has 0 fully saturated rings. The maximum atomic E-state index is 12.6. The van der Waals surface area contributed by atoms with Crippen LogP contribution < -0.4 is 0 Å². The minimum absolute atomic E-state index is 0.0246. The molecule has 2 nitrogen and oxygen atoms in total. The third kappa shape index (κ3) is 2.57. The fourth-order valence-corrected chi connectivity index (χ4v) is 2.88. The van der Waals surface area contributed by atoms with Crippen LogP contribution >= 0.6 is 23.2 Å². The van der Waals surface area contributed by atoms with Crippen LogP contribution in [0.2, 0.25) is 10.0 Å². The average Bonchev–Trinajstić information content (AvgIpc) is 2.82. The molecule has 0 radical (unpaired) electrons. The van der Waals surface area contributed by atoms with Crippen LogP contribution in [-0.2, 0) is 6.42 Å². The largest absolute Gasteiger partial charge is 0.287 e. The van der Waals surface area contributed by atoms with Crippen molar-refractivity contribution in [2.75, 3.05) is 0 Å². The number of carbonyl (C=O) groups excluding carboxylic acids is 1. The number of hydrogen-bond acceptors (Lipinski definition) is 1. The summed E-state index contributed by atoms with van der Waals surface area (Å²) < 4.78 is 1.68. The fraction of sp³-hybridized carbons (Fsp3) is 0.118. The predicted molar refractivity (Wildman–Crippen MR) is 87.5 cm³/mol. The van der Waals surface area contributed by atoms with Gasteiger partial charge in [-0.25, -0.2) is 0 Å².